The number of rotatable bonds is 6. The van der Waals surface area contributed by atoms with Crippen molar-refractivity contribution in [2.45, 2.75) is 76.6 Å². The molecule has 3 aliphatic rings. The van der Waals surface area contributed by atoms with Gasteiger partial charge in [0.1, 0.15) is 11.9 Å². The maximum atomic E-state index is 13.6. The van der Waals surface area contributed by atoms with Crippen molar-refractivity contribution >= 4 is 17.6 Å². The molecule has 1 aromatic rings. The number of benzene rings is 1. The van der Waals surface area contributed by atoms with E-state index in [1.165, 1.54) is 44.2 Å². The Morgan fingerprint density at radius 3 is 2.23 bits per heavy atom. The van der Waals surface area contributed by atoms with Gasteiger partial charge in [0.25, 0.3) is 0 Å². The quantitative estimate of drug-likeness (QED) is 0.499. The number of carbonyl (C=O) groups is 1. The molecule has 1 saturated heterocycles. The van der Waals surface area contributed by atoms with E-state index < -0.39 is 11.8 Å². The zero-order valence-corrected chi connectivity index (χ0v) is 18.2. The predicted octanol–water partition coefficient (Wildman–Crippen LogP) is 6.15. The summed E-state index contributed by atoms with van der Waals surface area (Å²) >= 11 is 5.68. The van der Waals surface area contributed by atoms with Crippen LogP contribution in [0.4, 0.5) is 4.39 Å². The third-order valence-electron chi connectivity index (χ3n) is 7.21. The number of ether oxygens (including phenoxy) is 3. The molecule has 0 atom stereocenters. The molecule has 2 saturated carbocycles. The zero-order valence-electron chi connectivity index (χ0n) is 17.5. The van der Waals surface area contributed by atoms with Crippen LogP contribution < -0.4 is 0 Å². The van der Waals surface area contributed by atoms with Crippen LogP contribution in [0.5, 0.6) is 0 Å². The van der Waals surface area contributed by atoms with Crippen molar-refractivity contribution in [3.05, 3.63) is 34.6 Å². The van der Waals surface area contributed by atoms with Gasteiger partial charge in [-0.2, -0.15) is 0 Å². The Kier molecular flexibility index (Phi) is 7.66. The molecule has 1 aliphatic heterocycles. The third-order valence-corrected chi connectivity index (χ3v) is 7.51. The zero-order chi connectivity index (χ0) is 20.9. The first-order chi connectivity index (χ1) is 14.6. The van der Waals surface area contributed by atoms with Crippen LogP contribution in [0.1, 0.15) is 74.6 Å². The molecule has 0 bridgehead atoms. The first kappa shape index (κ1) is 22.0. The Balaban J connectivity index is 1.16. The largest absolute Gasteiger partial charge is 0.459 e. The SMILES string of the molecule is O=C(OC1CCC(C2CCC(CCC3OCCO3)CC2)CC1)c1ccc(Cl)c(F)c1. The highest BCUT2D eigenvalue weighted by molar-refractivity contribution is 6.30. The first-order valence-electron chi connectivity index (χ1n) is 11.5. The van der Waals surface area contributed by atoms with Crippen molar-refractivity contribution in [1.29, 1.82) is 0 Å². The van der Waals surface area contributed by atoms with Gasteiger partial charge >= 0.3 is 5.97 Å². The Labute approximate surface area is 183 Å². The van der Waals surface area contributed by atoms with Crippen molar-refractivity contribution < 1.29 is 23.4 Å². The van der Waals surface area contributed by atoms with Crippen LogP contribution in [-0.2, 0) is 14.2 Å². The maximum absolute atomic E-state index is 13.6. The molecule has 1 heterocycles. The fourth-order valence-electron chi connectivity index (χ4n) is 5.41. The minimum atomic E-state index is -0.589. The molecule has 166 valence electrons. The number of esters is 1. The van der Waals surface area contributed by atoms with Crippen LogP contribution in [-0.4, -0.2) is 31.6 Å². The lowest BCUT2D eigenvalue weighted by Gasteiger charge is -2.37. The molecule has 0 radical (unpaired) electrons. The maximum Gasteiger partial charge on any atom is 0.338 e. The predicted molar refractivity (Wildman–Crippen MR) is 113 cm³/mol. The fraction of sp³-hybridized carbons (Fsp3) is 0.708. The van der Waals surface area contributed by atoms with Gasteiger partial charge in [0.15, 0.2) is 6.29 Å². The van der Waals surface area contributed by atoms with Gasteiger partial charge in [0.05, 0.1) is 23.8 Å². The molecule has 0 aromatic heterocycles. The summed E-state index contributed by atoms with van der Waals surface area (Å²) in [6, 6.07) is 4.07. The Hall–Kier alpha value is -1.17. The minimum Gasteiger partial charge on any atom is -0.459 e. The first-order valence-corrected chi connectivity index (χ1v) is 11.9. The molecule has 0 amide bonds. The van der Waals surface area contributed by atoms with Crippen LogP contribution >= 0.6 is 11.6 Å². The number of hydrogen-bond acceptors (Lipinski definition) is 4. The van der Waals surface area contributed by atoms with Crippen LogP contribution in [0.3, 0.4) is 0 Å². The van der Waals surface area contributed by atoms with E-state index in [0.29, 0.717) is 0 Å². The Morgan fingerprint density at radius 1 is 0.967 bits per heavy atom. The summed E-state index contributed by atoms with van der Waals surface area (Å²) < 4.78 is 30.3. The van der Waals surface area contributed by atoms with Gasteiger partial charge in [-0.05, 0) is 87.3 Å². The third kappa shape index (κ3) is 5.74. The molecule has 4 nitrogen and oxygen atoms in total. The molecule has 0 N–H and O–H groups in total. The highest BCUT2D eigenvalue weighted by atomic mass is 35.5. The molecular formula is C24H32ClFO4. The molecule has 4 rings (SSSR count). The van der Waals surface area contributed by atoms with E-state index in [4.69, 9.17) is 25.8 Å². The summed E-state index contributed by atoms with van der Waals surface area (Å²) in [7, 11) is 0. The van der Waals surface area contributed by atoms with E-state index in [9.17, 15) is 9.18 Å². The standard InChI is InChI=1S/C24H32ClFO4/c25-21-11-8-19(15-22(21)26)24(27)30-20-9-6-18(7-10-20)17-4-1-16(2-5-17)3-12-23-28-13-14-29-23/h8,11,15-18,20,23H,1-7,9-10,12-14H2. The topological polar surface area (TPSA) is 44.8 Å². The van der Waals surface area contributed by atoms with Crippen LogP contribution in [0, 0.1) is 23.6 Å². The van der Waals surface area contributed by atoms with Gasteiger partial charge < -0.3 is 14.2 Å². The second-order valence-electron chi connectivity index (χ2n) is 9.10. The van der Waals surface area contributed by atoms with Gasteiger partial charge in [-0.3, -0.25) is 0 Å². The summed E-state index contributed by atoms with van der Waals surface area (Å²) in [5.74, 6) is 1.32. The monoisotopic (exact) mass is 438 g/mol. The normalized spacial score (nSPS) is 30.3. The smallest absolute Gasteiger partial charge is 0.338 e. The molecule has 6 heteroatoms. The highest BCUT2D eigenvalue weighted by Gasteiger charge is 2.32. The lowest BCUT2D eigenvalue weighted by atomic mass is 9.70. The summed E-state index contributed by atoms with van der Waals surface area (Å²) in [6.45, 7) is 1.48. The lowest BCUT2D eigenvalue weighted by molar-refractivity contribution is -0.0515. The number of hydrogen-bond donors (Lipinski definition) is 0. The van der Waals surface area contributed by atoms with Gasteiger partial charge in [-0.25, -0.2) is 9.18 Å². The van der Waals surface area contributed by atoms with Crippen molar-refractivity contribution in [3.63, 3.8) is 0 Å². The minimum absolute atomic E-state index is 0.0157. The van der Waals surface area contributed by atoms with E-state index in [-0.39, 0.29) is 23.0 Å². The van der Waals surface area contributed by atoms with Crippen LogP contribution in [0.15, 0.2) is 18.2 Å². The average Bonchev–Trinajstić information content (AvgIpc) is 3.29. The summed E-state index contributed by atoms with van der Waals surface area (Å²) in [5, 5.41) is 0.0157. The Bertz CT molecular complexity index is 705. The Morgan fingerprint density at radius 2 is 1.60 bits per heavy atom. The van der Waals surface area contributed by atoms with Crippen LogP contribution in [0.2, 0.25) is 5.02 Å². The highest BCUT2D eigenvalue weighted by Crippen LogP contribution is 2.41. The van der Waals surface area contributed by atoms with Crippen molar-refractivity contribution in [2.24, 2.45) is 17.8 Å². The molecule has 1 aromatic carbocycles. The van der Waals surface area contributed by atoms with E-state index in [2.05, 4.69) is 0 Å². The van der Waals surface area contributed by atoms with Crippen molar-refractivity contribution in [3.8, 4) is 0 Å². The van der Waals surface area contributed by atoms with Gasteiger partial charge in [-0.1, -0.05) is 24.4 Å². The lowest BCUT2D eigenvalue weighted by Crippen LogP contribution is -2.30. The van der Waals surface area contributed by atoms with E-state index in [1.807, 2.05) is 0 Å². The molecular weight excluding hydrogens is 407 g/mol. The summed E-state index contributed by atoms with van der Waals surface area (Å²) in [4.78, 5) is 12.3. The molecule has 2 aliphatic carbocycles. The van der Waals surface area contributed by atoms with E-state index in [1.54, 1.807) is 0 Å². The molecule has 3 fully saturated rings. The average molecular weight is 439 g/mol. The van der Waals surface area contributed by atoms with E-state index in [0.717, 1.165) is 69.1 Å². The van der Waals surface area contributed by atoms with Gasteiger partial charge in [0.2, 0.25) is 0 Å². The summed E-state index contributed by atoms with van der Waals surface area (Å²) in [5.41, 5.74) is 0.228. The van der Waals surface area contributed by atoms with E-state index >= 15 is 0 Å². The summed E-state index contributed by atoms with van der Waals surface area (Å²) in [6.07, 6.45) is 11.5. The van der Waals surface area contributed by atoms with Gasteiger partial charge in [0, 0.05) is 0 Å². The number of carbonyl (C=O) groups excluding carboxylic acids is 1. The fourth-order valence-corrected chi connectivity index (χ4v) is 5.53. The molecule has 0 unspecified atom stereocenters. The van der Waals surface area contributed by atoms with Crippen molar-refractivity contribution in [2.75, 3.05) is 13.2 Å². The van der Waals surface area contributed by atoms with Crippen molar-refractivity contribution in [1.82, 2.24) is 0 Å². The van der Waals surface area contributed by atoms with Crippen LogP contribution in [0.25, 0.3) is 0 Å². The van der Waals surface area contributed by atoms with Gasteiger partial charge in [-0.15, -0.1) is 0 Å². The second-order valence-corrected chi connectivity index (χ2v) is 9.51. The molecule has 0 spiro atoms. The molecule has 30 heavy (non-hydrogen) atoms. The number of halogens is 2. The second kappa shape index (κ2) is 10.4.